The fourth-order valence-electron chi connectivity index (χ4n) is 2.39. The normalized spacial score (nSPS) is 12.3. The average molecular weight is 343 g/mol. The molecule has 1 aromatic heterocycles. The first-order valence-electron chi connectivity index (χ1n) is 7.61. The Hall–Kier alpha value is -1.78. The lowest BCUT2D eigenvalue weighted by molar-refractivity contribution is 0.792. The maximum absolute atomic E-state index is 5.64. The highest BCUT2D eigenvalue weighted by Crippen LogP contribution is 2.35. The van der Waals surface area contributed by atoms with Gasteiger partial charge < -0.3 is 4.57 Å². The minimum absolute atomic E-state index is 0.437. The van der Waals surface area contributed by atoms with Gasteiger partial charge in [0, 0.05) is 24.7 Å². The zero-order valence-corrected chi connectivity index (χ0v) is 15.5. The summed E-state index contributed by atoms with van der Waals surface area (Å²) in [6, 6.07) is 10.5. The fourth-order valence-corrected chi connectivity index (χ4v) is 3.83. The lowest BCUT2D eigenvalue weighted by Gasteiger charge is -2.13. The Morgan fingerprint density at radius 3 is 2.61 bits per heavy atom. The van der Waals surface area contributed by atoms with Crippen LogP contribution in [0.25, 0.3) is 11.3 Å². The fraction of sp³-hybridized carbons (Fsp3) is 0.263. The minimum Gasteiger partial charge on any atom is -0.318 e. The van der Waals surface area contributed by atoms with E-state index >= 15 is 0 Å². The number of aliphatic imine (C=N–C) groups is 1. The van der Waals surface area contributed by atoms with E-state index in [-0.39, 0.29) is 0 Å². The summed E-state index contributed by atoms with van der Waals surface area (Å²) in [5.41, 5.74) is 3.52. The van der Waals surface area contributed by atoms with Gasteiger partial charge in [-0.2, -0.15) is 0 Å². The molecule has 1 heterocycles. The van der Waals surface area contributed by atoms with Crippen molar-refractivity contribution < 1.29 is 0 Å². The van der Waals surface area contributed by atoms with Crippen LogP contribution in [0.15, 0.2) is 59.6 Å². The van der Waals surface area contributed by atoms with E-state index in [9.17, 15) is 0 Å². The first-order chi connectivity index (χ1) is 11.1. The van der Waals surface area contributed by atoms with Crippen LogP contribution in [-0.4, -0.2) is 17.8 Å². The summed E-state index contributed by atoms with van der Waals surface area (Å²) in [5, 5.41) is 0. The van der Waals surface area contributed by atoms with Crippen molar-refractivity contribution in [3.05, 3.63) is 63.5 Å². The molecule has 120 valence electrons. The highest BCUT2D eigenvalue weighted by Gasteiger charge is 2.17. The van der Waals surface area contributed by atoms with Gasteiger partial charge in [0.25, 0.3) is 0 Å². The molecule has 23 heavy (non-hydrogen) atoms. The van der Waals surface area contributed by atoms with Gasteiger partial charge >= 0.3 is 0 Å². The third kappa shape index (κ3) is 4.15. The van der Waals surface area contributed by atoms with Crippen molar-refractivity contribution in [3.8, 4) is 11.3 Å². The molecule has 0 atom stereocenters. The maximum atomic E-state index is 5.64. The molecule has 0 aliphatic heterocycles. The van der Waals surface area contributed by atoms with E-state index in [1.54, 1.807) is 24.6 Å². The van der Waals surface area contributed by atoms with E-state index in [1.807, 2.05) is 18.2 Å². The van der Waals surface area contributed by atoms with Crippen LogP contribution >= 0.6 is 23.6 Å². The van der Waals surface area contributed by atoms with Crippen LogP contribution in [0.5, 0.6) is 0 Å². The maximum Gasteiger partial charge on any atom is 0.162 e. The van der Waals surface area contributed by atoms with Gasteiger partial charge in [-0.3, -0.25) is 4.99 Å². The molecule has 0 aliphatic rings. The van der Waals surface area contributed by atoms with Crippen molar-refractivity contribution in [2.75, 3.05) is 7.05 Å². The number of hydrogen-bond donors (Lipinski definition) is 0. The zero-order chi connectivity index (χ0) is 16.8. The Morgan fingerprint density at radius 1 is 1.35 bits per heavy atom. The number of aromatic nitrogens is 1. The van der Waals surface area contributed by atoms with Crippen LogP contribution in [0, 0.1) is 3.95 Å². The first kappa shape index (κ1) is 17.6. The summed E-state index contributed by atoms with van der Waals surface area (Å²) in [6.07, 6.45) is 5.64. The predicted molar refractivity (Wildman–Crippen MR) is 105 cm³/mol. The van der Waals surface area contributed by atoms with Gasteiger partial charge in [0.2, 0.25) is 0 Å². The van der Waals surface area contributed by atoms with Crippen molar-refractivity contribution in [1.29, 1.82) is 0 Å². The molecule has 2 rings (SSSR count). The average Bonchev–Trinajstić information content (AvgIpc) is 2.89. The van der Waals surface area contributed by atoms with Crippen molar-refractivity contribution in [2.24, 2.45) is 4.99 Å². The topological polar surface area (TPSA) is 17.3 Å². The lowest BCUT2D eigenvalue weighted by atomic mass is 10.0. The van der Waals surface area contributed by atoms with E-state index in [0.717, 1.165) is 9.53 Å². The molecular formula is C19H22N2S2. The molecule has 0 saturated carbocycles. The molecule has 2 aromatic rings. The van der Waals surface area contributed by atoms with E-state index in [4.69, 9.17) is 12.2 Å². The number of hydrogen-bond acceptors (Lipinski definition) is 3. The third-order valence-corrected chi connectivity index (χ3v) is 5.28. The quantitative estimate of drug-likeness (QED) is 0.364. The van der Waals surface area contributed by atoms with Crippen LogP contribution in [0.1, 0.15) is 24.6 Å². The Kier molecular flexibility index (Phi) is 6.25. The van der Waals surface area contributed by atoms with Crippen molar-refractivity contribution in [3.63, 3.8) is 0 Å². The Balaban J connectivity index is 2.59. The second-order valence-corrected chi connectivity index (χ2v) is 7.22. The number of nitrogens with zero attached hydrogens (tertiary/aromatic N) is 2. The number of benzene rings is 1. The van der Waals surface area contributed by atoms with Crippen molar-refractivity contribution in [2.45, 2.75) is 26.3 Å². The summed E-state index contributed by atoms with van der Waals surface area (Å²) in [7, 11) is 1.76. The largest absolute Gasteiger partial charge is 0.318 e. The van der Waals surface area contributed by atoms with Crippen LogP contribution in [-0.2, 0) is 6.54 Å². The van der Waals surface area contributed by atoms with Crippen molar-refractivity contribution >= 4 is 29.8 Å². The van der Waals surface area contributed by atoms with Gasteiger partial charge in [-0.1, -0.05) is 56.8 Å². The Morgan fingerprint density at radius 2 is 2.04 bits per heavy atom. The minimum atomic E-state index is 0.437. The molecule has 0 fully saturated rings. The highest BCUT2D eigenvalue weighted by atomic mass is 32.1. The molecule has 0 bridgehead atoms. The second kappa shape index (κ2) is 8.18. The molecule has 0 aliphatic carbocycles. The molecule has 0 spiro atoms. The first-order valence-corrected chi connectivity index (χ1v) is 8.83. The van der Waals surface area contributed by atoms with E-state index < -0.39 is 0 Å². The van der Waals surface area contributed by atoms with Gasteiger partial charge in [0.05, 0.1) is 5.69 Å². The summed E-state index contributed by atoms with van der Waals surface area (Å²) >= 11 is 7.35. The van der Waals surface area contributed by atoms with Crippen molar-refractivity contribution in [1.82, 2.24) is 4.57 Å². The molecule has 4 heteroatoms. The summed E-state index contributed by atoms with van der Waals surface area (Å²) in [5.74, 6) is 0.437. The van der Waals surface area contributed by atoms with Crippen LogP contribution in [0.4, 0.5) is 0 Å². The third-order valence-electron chi connectivity index (χ3n) is 3.53. The monoisotopic (exact) mass is 342 g/mol. The summed E-state index contributed by atoms with van der Waals surface area (Å²) in [4.78, 5) is 5.35. The molecular weight excluding hydrogens is 320 g/mol. The van der Waals surface area contributed by atoms with Crippen LogP contribution in [0.3, 0.4) is 0 Å². The van der Waals surface area contributed by atoms with E-state index in [1.165, 1.54) is 16.1 Å². The molecule has 0 N–H and O–H groups in total. The molecule has 2 nitrogen and oxygen atoms in total. The number of allylic oxidation sites excluding steroid dienone is 3. The van der Waals surface area contributed by atoms with E-state index in [0.29, 0.717) is 12.5 Å². The van der Waals surface area contributed by atoms with E-state index in [2.05, 4.69) is 54.3 Å². The lowest BCUT2D eigenvalue weighted by Crippen LogP contribution is -2.04. The zero-order valence-electron chi connectivity index (χ0n) is 13.8. The van der Waals surface area contributed by atoms with Crippen LogP contribution < -0.4 is 0 Å². The van der Waals surface area contributed by atoms with Gasteiger partial charge in [-0.15, -0.1) is 11.3 Å². The SMILES string of the molecule is C=C/C(=C\C=NC)Cn1c(-c2ccccc2)c(C(C)C)sc1=S. The van der Waals surface area contributed by atoms with Gasteiger partial charge in [-0.25, -0.2) is 0 Å². The highest BCUT2D eigenvalue weighted by molar-refractivity contribution is 7.73. The summed E-state index contributed by atoms with van der Waals surface area (Å²) < 4.78 is 3.11. The van der Waals surface area contributed by atoms with Gasteiger partial charge in [-0.05, 0) is 35.3 Å². The number of thiazole rings is 1. The van der Waals surface area contributed by atoms with Gasteiger partial charge in [0.15, 0.2) is 3.95 Å². The molecule has 0 saturated heterocycles. The number of rotatable bonds is 6. The summed E-state index contributed by atoms with van der Waals surface area (Å²) in [6.45, 7) is 9.05. The van der Waals surface area contributed by atoms with Crippen LogP contribution in [0.2, 0.25) is 0 Å². The Bertz CT molecular complexity index is 777. The molecule has 0 unspecified atom stereocenters. The smallest absolute Gasteiger partial charge is 0.162 e. The second-order valence-electron chi connectivity index (χ2n) is 5.54. The Labute approximate surface area is 147 Å². The molecule has 1 aromatic carbocycles. The van der Waals surface area contributed by atoms with Gasteiger partial charge in [0.1, 0.15) is 0 Å². The standard InChI is InChI=1S/C19H22N2S2/c1-5-15(11-12-20-4)13-21-17(16-9-7-6-8-10-16)18(14(2)3)23-19(21)22/h5-12,14H,1,13H2,2-4H3/b15-11+,20-12?. The molecule has 0 radical (unpaired) electrons. The molecule has 0 amide bonds. The predicted octanol–water partition coefficient (Wildman–Crippen LogP) is 5.88.